The molecule has 0 saturated carbocycles. The lowest BCUT2D eigenvalue weighted by molar-refractivity contribution is -0.294. The van der Waals surface area contributed by atoms with E-state index in [1.807, 2.05) is 0 Å². The highest BCUT2D eigenvalue weighted by Crippen LogP contribution is 2.46. The summed E-state index contributed by atoms with van der Waals surface area (Å²) >= 11 is 0. The van der Waals surface area contributed by atoms with Crippen molar-refractivity contribution in [2.24, 2.45) is 0 Å². The van der Waals surface area contributed by atoms with Gasteiger partial charge in [-0.25, -0.2) is 0 Å². The second-order valence-corrected chi connectivity index (χ2v) is 8.26. The second-order valence-electron chi connectivity index (χ2n) is 8.26. The van der Waals surface area contributed by atoms with E-state index in [4.69, 9.17) is 18.9 Å². The summed E-state index contributed by atoms with van der Waals surface area (Å²) in [7, 11) is 0. The van der Waals surface area contributed by atoms with Gasteiger partial charge in [0.2, 0.25) is 6.29 Å². The van der Waals surface area contributed by atoms with E-state index in [1.165, 1.54) is 12.1 Å². The number of fused-ring (bicyclic) bond motifs is 1. The standard InChI is InChI=1S/C23H24O13/c1-8(24)33-7-17-19(30)20(31)21(32)23(36-17)35-16-6-11-12(26)4-10(25)5-15(11)34-22(16)9-2-13(27)18(29)14(28)3-9/h2-6,17,19-23,25-32H,7H2,1H3/t17-,19-,20+,21-,22?,23-/m1/s1. The van der Waals surface area contributed by atoms with Gasteiger partial charge in [0.1, 0.15) is 54.0 Å². The van der Waals surface area contributed by atoms with Crippen molar-refractivity contribution in [2.45, 2.75) is 43.7 Å². The molecule has 4 rings (SSSR count). The highest BCUT2D eigenvalue weighted by atomic mass is 16.7. The van der Waals surface area contributed by atoms with E-state index in [0.717, 1.165) is 25.1 Å². The van der Waals surface area contributed by atoms with Crippen LogP contribution in [-0.2, 0) is 19.0 Å². The van der Waals surface area contributed by atoms with E-state index in [9.17, 15) is 45.6 Å². The summed E-state index contributed by atoms with van der Waals surface area (Å²) in [6.45, 7) is 0.676. The maximum absolute atomic E-state index is 11.2. The van der Waals surface area contributed by atoms with Crippen LogP contribution in [0.2, 0.25) is 0 Å². The molecule has 0 amide bonds. The average Bonchev–Trinajstić information content (AvgIpc) is 2.81. The third-order valence-electron chi connectivity index (χ3n) is 5.66. The Morgan fingerprint density at radius 1 is 0.917 bits per heavy atom. The topological polar surface area (TPSA) is 216 Å². The molecule has 0 bridgehead atoms. The van der Waals surface area contributed by atoms with Crippen LogP contribution in [0, 0.1) is 0 Å². The molecular formula is C23H24O13. The smallest absolute Gasteiger partial charge is 0.302 e. The minimum Gasteiger partial charge on any atom is -0.508 e. The van der Waals surface area contributed by atoms with Crippen molar-refractivity contribution in [3.8, 4) is 34.5 Å². The molecule has 2 aliphatic heterocycles. The number of hydrogen-bond acceptors (Lipinski definition) is 13. The fraction of sp³-hybridized carbons (Fsp3) is 0.348. The molecule has 0 radical (unpaired) electrons. The van der Waals surface area contributed by atoms with E-state index in [-0.39, 0.29) is 28.4 Å². The van der Waals surface area contributed by atoms with E-state index in [0.29, 0.717) is 0 Å². The summed E-state index contributed by atoms with van der Waals surface area (Å²) in [6.07, 6.45) is -8.10. The summed E-state index contributed by atoms with van der Waals surface area (Å²) in [5.41, 5.74) is 0.110. The molecule has 2 aromatic carbocycles. The first-order chi connectivity index (χ1) is 17.0. The molecule has 1 saturated heterocycles. The van der Waals surface area contributed by atoms with Crippen molar-refractivity contribution in [1.29, 1.82) is 0 Å². The second kappa shape index (κ2) is 9.62. The van der Waals surface area contributed by atoms with E-state index in [1.54, 1.807) is 0 Å². The molecule has 13 heteroatoms. The predicted molar refractivity (Wildman–Crippen MR) is 117 cm³/mol. The minimum absolute atomic E-state index is 0.00907. The number of phenols is 5. The van der Waals surface area contributed by atoms with Gasteiger partial charge in [-0.05, 0) is 18.2 Å². The van der Waals surface area contributed by atoms with Gasteiger partial charge in [0.25, 0.3) is 0 Å². The number of aliphatic hydroxyl groups excluding tert-OH is 3. The molecular weight excluding hydrogens is 484 g/mol. The number of hydrogen-bond donors (Lipinski definition) is 8. The number of aromatic hydroxyl groups is 5. The van der Waals surface area contributed by atoms with E-state index in [2.05, 4.69) is 0 Å². The van der Waals surface area contributed by atoms with Gasteiger partial charge in [-0.1, -0.05) is 0 Å². The van der Waals surface area contributed by atoms with Crippen molar-refractivity contribution in [3.63, 3.8) is 0 Å². The lowest BCUT2D eigenvalue weighted by Gasteiger charge is -2.41. The molecule has 2 aliphatic rings. The van der Waals surface area contributed by atoms with Gasteiger partial charge in [-0.3, -0.25) is 4.79 Å². The zero-order chi connectivity index (χ0) is 26.3. The molecule has 13 nitrogen and oxygen atoms in total. The van der Waals surface area contributed by atoms with E-state index >= 15 is 0 Å². The Morgan fingerprint density at radius 3 is 2.22 bits per heavy atom. The summed E-state index contributed by atoms with van der Waals surface area (Å²) in [6, 6.07) is 4.35. The van der Waals surface area contributed by atoms with Crippen LogP contribution in [0.4, 0.5) is 0 Å². The molecule has 6 atom stereocenters. The first kappa shape index (κ1) is 25.2. The summed E-state index contributed by atoms with van der Waals surface area (Å²) in [4.78, 5) is 11.2. The van der Waals surface area contributed by atoms with E-state index < -0.39 is 72.4 Å². The maximum atomic E-state index is 11.2. The zero-order valence-corrected chi connectivity index (χ0v) is 18.7. The Kier molecular flexibility index (Phi) is 6.73. The third-order valence-corrected chi connectivity index (χ3v) is 5.66. The summed E-state index contributed by atoms with van der Waals surface area (Å²) in [5, 5.41) is 80.7. The Hall–Kier alpha value is -3.91. The minimum atomic E-state index is -1.79. The van der Waals surface area contributed by atoms with Gasteiger partial charge in [0.15, 0.2) is 23.4 Å². The molecule has 0 aliphatic carbocycles. The molecule has 8 N–H and O–H groups in total. The van der Waals surface area contributed by atoms with Gasteiger partial charge < -0.3 is 59.8 Å². The summed E-state index contributed by atoms with van der Waals surface area (Å²) in [5.74, 6) is -3.72. The van der Waals surface area contributed by atoms with Crippen molar-refractivity contribution < 1.29 is 64.6 Å². The fourth-order valence-electron chi connectivity index (χ4n) is 3.83. The molecule has 194 valence electrons. The molecule has 0 aromatic heterocycles. The molecule has 2 aromatic rings. The Bertz CT molecular complexity index is 1170. The van der Waals surface area contributed by atoms with Gasteiger partial charge >= 0.3 is 5.97 Å². The quantitative estimate of drug-likeness (QED) is 0.198. The van der Waals surface area contributed by atoms with Gasteiger partial charge in [0, 0.05) is 24.6 Å². The van der Waals surface area contributed by atoms with Crippen LogP contribution in [0.1, 0.15) is 24.2 Å². The third kappa shape index (κ3) is 4.77. The van der Waals surface area contributed by atoms with Crippen LogP contribution in [0.3, 0.4) is 0 Å². The number of aliphatic hydroxyl groups is 3. The van der Waals surface area contributed by atoms with Gasteiger partial charge in [-0.2, -0.15) is 0 Å². The van der Waals surface area contributed by atoms with Gasteiger partial charge in [0.05, 0.1) is 5.56 Å². The Balaban J connectivity index is 1.72. The number of esters is 1. The van der Waals surface area contributed by atoms with Crippen LogP contribution in [0.25, 0.3) is 6.08 Å². The first-order valence-electron chi connectivity index (χ1n) is 10.6. The predicted octanol–water partition coefficient (Wildman–Crippen LogP) is 0.0765. The van der Waals surface area contributed by atoms with Crippen molar-refractivity contribution in [1.82, 2.24) is 0 Å². The lowest BCUT2D eigenvalue weighted by atomic mass is 9.98. The SMILES string of the molecule is CC(=O)OC[C@H]1O[C@@H](OC2=Cc3c(O)cc(O)cc3OC2c2cc(O)c(O)c(O)c2)[C@H](O)[C@@H](O)[C@@H]1O. The lowest BCUT2D eigenvalue weighted by Crippen LogP contribution is -2.59. The Morgan fingerprint density at radius 2 is 1.58 bits per heavy atom. The Labute approximate surface area is 203 Å². The average molecular weight is 508 g/mol. The number of benzene rings is 2. The van der Waals surface area contributed by atoms with Crippen LogP contribution in [0.5, 0.6) is 34.5 Å². The number of rotatable bonds is 5. The molecule has 1 fully saturated rings. The van der Waals surface area contributed by atoms with Crippen LogP contribution in [0.15, 0.2) is 30.0 Å². The van der Waals surface area contributed by atoms with Crippen LogP contribution >= 0.6 is 0 Å². The number of carbonyl (C=O) groups is 1. The fourth-order valence-corrected chi connectivity index (χ4v) is 3.83. The van der Waals surface area contributed by atoms with Crippen molar-refractivity contribution in [2.75, 3.05) is 6.61 Å². The van der Waals surface area contributed by atoms with Gasteiger partial charge in [-0.15, -0.1) is 0 Å². The van der Waals surface area contributed by atoms with Crippen LogP contribution in [-0.4, -0.2) is 84.1 Å². The normalized spacial score (nSPS) is 27.4. The largest absolute Gasteiger partial charge is 0.508 e. The molecule has 36 heavy (non-hydrogen) atoms. The monoisotopic (exact) mass is 508 g/mol. The van der Waals surface area contributed by atoms with Crippen molar-refractivity contribution >= 4 is 12.0 Å². The maximum Gasteiger partial charge on any atom is 0.302 e. The molecule has 1 unspecified atom stereocenters. The molecule has 0 spiro atoms. The summed E-state index contributed by atoms with van der Waals surface area (Å²) < 4.78 is 22.0. The highest BCUT2D eigenvalue weighted by Gasteiger charge is 2.46. The van der Waals surface area contributed by atoms with Crippen LogP contribution < -0.4 is 4.74 Å². The number of carbonyl (C=O) groups excluding carboxylic acids is 1. The zero-order valence-electron chi connectivity index (χ0n) is 18.7. The van der Waals surface area contributed by atoms with Crippen molar-refractivity contribution in [3.05, 3.63) is 41.2 Å². The molecule has 2 heterocycles. The highest BCUT2D eigenvalue weighted by molar-refractivity contribution is 5.70. The number of ether oxygens (including phenoxy) is 4. The first-order valence-corrected chi connectivity index (χ1v) is 10.6. The number of phenolic OH excluding ortho intramolecular Hbond substituents is 5.